The first-order valence-corrected chi connectivity index (χ1v) is 7.54. The molecule has 0 bridgehead atoms. The molecule has 21 heavy (non-hydrogen) atoms. The Bertz CT molecular complexity index is 464. The van der Waals surface area contributed by atoms with Crippen molar-refractivity contribution in [2.75, 3.05) is 13.1 Å². The lowest BCUT2D eigenvalue weighted by atomic mass is 9.78. The molecule has 0 radical (unpaired) electrons. The van der Waals surface area contributed by atoms with E-state index in [4.69, 9.17) is 4.65 Å². The van der Waals surface area contributed by atoms with E-state index in [0.717, 1.165) is 25.9 Å². The van der Waals surface area contributed by atoms with Gasteiger partial charge in [0.15, 0.2) is 0 Å². The van der Waals surface area contributed by atoms with Crippen molar-refractivity contribution in [3.63, 3.8) is 0 Å². The van der Waals surface area contributed by atoms with Gasteiger partial charge < -0.3 is 20.1 Å². The van der Waals surface area contributed by atoms with E-state index in [2.05, 4.69) is 10.4 Å². The zero-order valence-corrected chi connectivity index (χ0v) is 13.3. The van der Waals surface area contributed by atoms with Gasteiger partial charge in [-0.15, -0.1) is 0 Å². The molecule has 0 unspecified atom stereocenters. The summed E-state index contributed by atoms with van der Waals surface area (Å²) < 4.78 is 7.53. The molecule has 0 spiro atoms. The highest BCUT2D eigenvalue weighted by molar-refractivity contribution is 6.59. The van der Waals surface area contributed by atoms with Crippen LogP contribution in [0.3, 0.4) is 0 Å². The van der Waals surface area contributed by atoms with E-state index in [0.29, 0.717) is 11.5 Å². The third kappa shape index (κ3) is 3.85. The highest BCUT2D eigenvalue weighted by Crippen LogP contribution is 2.25. The molecule has 3 N–H and O–H groups in total. The standard InChI is InChI=1S/C14H26BN3O3/c1-13(2,19)14(3,4)21-15(20)11-9-17-18(10-11)12-5-7-16-8-6-12/h9-10,12,16,19-20H,5-8H2,1-4H3. The van der Waals surface area contributed by atoms with Crippen molar-refractivity contribution in [3.05, 3.63) is 12.4 Å². The van der Waals surface area contributed by atoms with Gasteiger partial charge in [0.05, 0.1) is 17.2 Å². The number of hydrogen-bond donors (Lipinski definition) is 3. The maximum atomic E-state index is 10.2. The normalized spacial score (nSPS) is 18.0. The molecule has 1 aromatic rings. The van der Waals surface area contributed by atoms with Crippen molar-refractivity contribution >= 4 is 12.6 Å². The number of nitrogens with zero attached hydrogens (tertiary/aromatic N) is 2. The van der Waals surface area contributed by atoms with Crippen molar-refractivity contribution in [2.24, 2.45) is 0 Å². The fourth-order valence-electron chi connectivity index (χ4n) is 2.24. The van der Waals surface area contributed by atoms with Gasteiger partial charge in [-0.1, -0.05) is 0 Å². The number of aromatic nitrogens is 2. The fraction of sp³-hybridized carbons (Fsp3) is 0.786. The second kappa shape index (κ2) is 6.08. The first kappa shape index (κ1) is 16.5. The van der Waals surface area contributed by atoms with E-state index in [1.165, 1.54) is 0 Å². The number of nitrogens with one attached hydrogen (secondary N) is 1. The van der Waals surface area contributed by atoms with E-state index >= 15 is 0 Å². The molecule has 118 valence electrons. The molecule has 0 amide bonds. The van der Waals surface area contributed by atoms with Crippen molar-refractivity contribution in [3.8, 4) is 0 Å². The molecule has 6 nitrogen and oxygen atoms in total. The first-order valence-electron chi connectivity index (χ1n) is 7.54. The molecule has 7 heteroatoms. The van der Waals surface area contributed by atoms with E-state index in [9.17, 15) is 10.1 Å². The highest BCUT2D eigenvalue weighted by Gasteiger charge is 2.39. The molecule has 1 saturated heterocycles. The van der Waals surface area contributed by atoms with Crippen LogP contribution in [0, 0.1) is 0 Å². The third-order valence-electron chi connectivity index (χ3n) is 4.47. The van der Waals surface area contributed by atoms with Crippen LogP contribution in [0.5, 0.6) is 0 Å². The predicted molar refractivity (Wildman–Crippen MR) is 82.4 cm³/mol. The summed E-state index contributed by atoms with van der Waals surface area (Å²) in [6.45, 7) is 8.83. The van der Waals surface area contributed by atoms with Gasteiger partial charge in [-0.3, -0.25) is 4.68 Å². The van der Waals surface area contributed by atoms with Gasteiger partial charge in [-0.05, 0) is 53.6 Å². The van der Waals surface area contributed by atoms with Crippen molar-refractivity contribution < 1.29 is 14.8 Å². The molecule has 1 aliphatic heterocycles. The van der Waals surface area contributed by atoms with Crippen LogP contribution in [0.15, 0.2) is 12.4 Å². The summed E-state index contributed by atoms with van der Waals surface area (Å²) in [5, 5.41) is 28.0. The van der Waals surface area contributed by atoms with Crippen LogP contribution in [0.25, 0.3) is 0 Å². The Kier molecular flexibility index (Phi) is 4.77. The largest absolute Gasteiger partial charge is 0.494 e. The van der Waals surface area contributed by atoms with Crippen molar-refractivity contribution in [2.45, 2.75) is 57.8 Å². The SMILES string of the molecule is CC(C)(O)C(C)(C)OB(O)c1cnn(C2CCNCC2)c1. The minimum Gasteiger partial charge on any atom is -0.423 e. The summed E-state index contributed by atoms with van der Waals surface area (Å²) >= 11 is 0. The topological polar surface area (TPSA) is 79.5 Å². The molecule has 1 aliphatic rings. The molecule has 0 atom stereocenters. The molecule has 0 aliphatic carbocycles. The Balaban J connectivity index is 2.03. The Morgan fingerprint density at radius 1 is 1.33 bits per heavy atom. The molecule has 0 saturated carbocycles. The van der Waals surface area contributed by atoms with E-state index in [1.807, 2.05) is 10.9 Å². The van der Waals surface area contributed by atoms with Crippen LogP contribution < -0.4 is 10.8 Å². The van der Waals surface area contributed by atoms with Gasteiger partial charge in [-0.2, -0.15) is 5.10 Å². The van der Waals surface area contributed by atoms with Gasteiger partial charge in [0.1, 0.15) is 0 Å². The van der Waals surface area contributed by atoms with Crippen LogP contribution in [-0.4, -0.2) is 51.3 Å². The average Bonchev–Trinajstić information content (AvgIpc) is 2.87. The smallest absolute Gasteiger partial charge is 0.423 e. The van der Waals surface area contributed by atoms with E-state index in [-0.39, 0.29) is 0 Å². The Morgan fingerprint density at radius 2 is 1.95 bits per heavy atom. The van der Waals surface area contributed by atoms with Crippen LogP contribution >= 0.6 is 0 Å². The Morgan fingerprint density at radius 3 is 2.52 bits per heavy atom. The maximum Gasteiger partial charge on any atom is 0.494 e. The lowest BCUT2D eigenvalue weighted by Crippen LogP contribution is -2.53. The lowest BCUT2D eigenvalue weighted by Gasteiger charge is -2.38. The second-order valence-electron chi connectivity index (χ2n) is 6.77. The minimum atomic E-state index is -1.10. The van der Waals surface area contributed by atoms with Gasteiger partial charge in [0.25, 0.3) is 0 Å². The lowest BCUT2D eigenvalue weighted by molar-refractivity contribution is -0.0982. The van der Waals surface area contributed by atoms with Gasteiger partial charge in [0, 0.05) is 17.9 Å². The highest BCUT2D eigenvalue weighted by atomic mass is 16.5. The Labute approximate surface area is 126 Å². The van der Waals surface area contributed by atoms with Crippen LogP contribution in [-0.2, 0) is 4.65 Å². The summed E-state index contributed by atoms with van der Waals surface area (Å²) in [6.07, 6.45) is 5.54. The summed E-state index contributed by atoms with van der Waals surface area (Å²) in [6, 6.07) is 0.370. The molecular weight excluding hydrogens is 269 g/mol. The number of piperidine rings is 1. The average molecular weight is 295 g/mol. The summed E-state index contributed by atoms with van der Waals surface area (Å²) in [7, 11) is -1.10. The fourth-order valence-corrected chi connectivity index (χ4v) is 2.24. The van der Waals surface area contributed by atoms with Gasteiger partial charge >= 0.3 is 7.12 Å². The summed E-state index contributed by atoms with van der Waals surface area (Å²) in [5.74, 6) is 0. The third-order valence-corrected chi connectivity index (χ3v) is 4.47. The van der Waals surface area contributed by atoms with E-state index < -0.39 is 18.3 Å². The molecule has 1 fully saturated rings. The van der Waals surface area contributed by atoms with Crippen LogP contribution in [0.1, 0.15) is 46.6 Å². The molecule has 2 rings (SSSR count). The zero-order chi connectivity index (χ0) is 15.7. The molecule has 2 heterocycles. The van der Waals surface area contributed by atoms with E-state index in [1.54, 1.807) is 33.9 Å². The van der Waals surface area contributed by atoms with Crippen LogP contribution in [0.2, 0.25) is 0 Å². The monoisotopic (exact) mass is 295 g/mol. The number of aliphatic hydroxyl groups is 1. The molecule has 0 aromatic carbocycles. The van der Waals surface area contributed by atoms with Crippen molar-refractivity contribution in [1.82, 2.24) is 15.1 Å². The zero-order valence-electron chi connectivity index (χ0n) is 13.3. The van der Waals surface area contributed by atoms with Crippen molar-refractivity contribution in [1.29, 1.82) is 0 Å². The predicted octanol–water partition coefficient (Wildman–Crippen LogP) is 0.0612. The summed E-state index contributed by atoms with van der Waals surface area (Å²) in [4.78, 5) is 0. The van der Waals surface area contributed by atoms with Gasteiger partial charge in [0.2, 0.25) is 0 Å². The van der Waals surface area contributed by atoms with Crippen LogP contribution in [0.4, 0.5) is 0 Å². The minimum absolute atomic E-state index is 0.370. The first-order chi connectivity index (χ1) is 9.71. The quantitative estimate of drug-likeness (QED) is 0.670. The van der Waals surface area contributed by atoms with Gasteiger partial charge in [-0.25, -0.2) is 0 Å². The number of rotatable bonds is 5. The number of hydrogen-bond acceptors (Lipinski definition) is 5. The molecular formula is C14H26BN3O3. The summed E-state index contributed by atoms with van der Waals surface area (Å²) in [5.41, 5.74) is -1.31. The molecule has 1 aromatic heterocycles. The second-order valence-corrected chi connectivity index (χ2v) is 6.77. The Hall–Kier alpha value is -0.885. The maximum absolute atomic E-state index is 10.2.